The molecule has 1 heterocycles. The molecule has 1 aromatic carbocycles. The van der Waals surface area contributed by atoms with E-state index < -0.39 is 11.7 Å². The van der Waals surface area contributed by atoms with Gasteiger partial charge in [-0.15, -0.1) is 0 Å². The van der Waals surface area contributed by atoms with Gasteiger partial charge in [0.05, 0.1) is 5.56 Å². The van der Waals surface area contributed by atoms with Crippen LogP contribution in [0.4, 0.5) is 24.5 Å². The van der Waals surface area contributed by atoms with Crippen LogP contribution in [0.25, 0.3) is 0 Å². The predicted octanol–water partition coefficient (Wildman–Crippen LogP) is 2.79. The minimum Gasteiger partial charge on any atom is -0.398 e. The van der Waals surface area contributed by atoms with Crippen molar-refractivity contribution in [3.8, 4) is 0 Å². The topological polar surface area (TPSA) is 41.3 Å². The molecule has 0 saturated carbocycles. The zero-order valence-corrected chi connectivity index (χ0v) is 10.8. The quantitative estimate of drug-likeness (QED) is 0.814. The van der Waals surface area contributed by atoms with Crippen LogP contribution in [0, 0.1) is 0 Å². The molecule has 0 bridgehead atoms. The largest absolute Gasteiger partial charge is 0.418 e. The summed E-state index contributed by atoms with van der Waals surface area (Å²) < 4.78 is 38.2. The van der Waals surface area contributed by atoms with Gasteiger partial charge in [0, 0.05) is 17.4 Å². The fourth-order valence-corrected chi connectivity index (χ4v) is 2.28. The normalized spacial score (nSPS) is 18.5. The summed E-state index contributed by atoms with van der Waals surface area (Å²) in [5.74, 6) is 0. The van der Waals surface area contributed by atoms with E-state index in [0.29, 0.717) is 5.69 Å². The van der Waals surface area contributed by atoms with Gasteiger partial charge in [0.1, 0.15) is 0 Å². The Morgan fingerprint density at radius 2 is 1.89 bits per heavy atom. The van der Waals surface area contributed by atoms with Crippen LogP contribution in [0.5, 0.6) is 0 Å². The summed E-state index contributed by atoms with van der Waals surface area (Å²) in [5, 5.41) is 3.16. The number of hydrogen-bond donors (Lipinski definition) is 2. The van der Waals surface area contributed by atoms with Gasteiger partial charge in [-0.25, -0.2) is 0 Å². The number of hydrogen-bond acceptors (Lipinski definition) is 3. The van der Waals surface area contributed by atoms with Crippen molar-refractivity contribution in [3.05, 3.63) is 23.8 Å². The number of alkyl halides is 3. The Morgan fingerprint density at radius 3 is 2.47 bits per heavy atom. The summed E-state index contributed by atoms with van der Waals surface area (Å²) in [6, 6.07) is 4.22. The lowest BCUT2D eigenvalue weighted by atomic mass is 10.0. The fraction of sp³-hybridized carbons (Fsp3) is 0.538. The molecule has 0 spiro atoms. The van der Waals surface area contributed by atoms with E-state index in [1.54, 1.807) is 6.07 Å². The third-order valence-electron chi connectivity index (χ3n) is 3.45. The maximum absolute atomic E-state index is 12.7. The van der Waals surface area contributed by atoms with E-state index in [4.69, 9.17) is 5.73 Å². The molecule has 1 aromatic rings. The number of nitrogen functional groups attached to an aromatic ring is 1. The maximum Gasteiger partial charge on any atom is 0.418 e. The van der Waals surface area contributed by atoms with Gasteiger partial charge in [0.15, 0.2) is 0 Å². The van der Waals surface area contributed by atoms with Crippen molar-refractivity contribution >= 4 is 11.4 Å². The molecule has 1 aliphatic heterocycles. The average molecular weight is 273 g/mol. The number of benzene rings is 1. The first-order chi connectivity index (χ1) is 8.86. The molecule has 106 valence electrons. The summed E-state index contributed by atoms with van der Waals surface area (Å²) >= 11 is 0. The second-order valence-electron chi connectivity index (χ2n) is 5.02. The summed E-state index contributed by atoms with van der Waals surface area (Å²) in [5.41, 5.74) is 4.85. The van der Waals surface area contributed by atoms with Crippen LogP contribution in [0.15, 0.2) is 18.2 Å². The highest BCUT2D eigenvalue weighted by Crippen LogP contribution is 2.35. The zero-order valence-electron chi connectivity index (χ0n) is 10.8. The van der Waals surface area contributed by atoms with Crippen molar-refractivity contribution in [2.75, 3.05) is 31.2 Å². The molecule has 1 saturated heterocycles. The Morgan fingerprint density at radius 1 is 1.26 bits per heavy atom. The summed E-state index contributed by atoms with van der Waals surface area (Å²) in [6.45, 7) is 1.91. The van der Waals surface area contributed by atoms with Crippen LogP contribution < -0.4 is 11.1 Å². The number of nitrogens with zero attached hydrogens (tertiary/aromatic N) is 1. The molecular weight excluding hydrogens is 255 g/mol. The molecular formula is C13H18F3N3. The Kier molecular flexibility index (Phi) is 3.89. The molecule has 0 aliphatic carbocycles. The molecule has 1 fully saturated rings. The fourth-order valence-electron chi connectivity index (χ4n) is 2.28. The number of rotatable bonds is 2. The number of halogens is 3. The highest BCUT2D eigenvalue weighted by molar-refractivity contribution is 5.58. The van der Waals surface area contributed by atoms with Crippen molar-refractivity contribution in [1.29, 1.82) is 0 Å². The first-order valence-electron chi connectivity index (χ1n) is 6.28. The number of nitrogens with two attached hydrogens (primary N) is 1. The molecule has 0 atom stereocenters. The number of nitrogens with one attached hydrogen (secondary N) is 1. The molecule has 1 aliphatic rings. The first kappa shape index (κ1) is 14.0. The standard InChI is InChI=1S/C13H18F3N3/c1-19-6-4-9(5-7-19)18-10-2-3-12(17)11(8-10)13(14,15)16/h2-3,8-9,18H,4-7,17H2,1H3. The minimum atomic E-state index is -4.41. The summed E-state index contributed by atoms with van der Waals surface area (Å²) in [7, 11) is 2.04. The van der Waals surface area contributed by atoms with Crippen LogP contribution >= 0.6 is 0 Å². The van der Waals surface area contributed by atoms with E-state index in [1.807, 2.05) is 7.05 Å². The van der Waals surface area contributed by atoms with E-state index in [9.17, 15) is 13.2 Å². The molecule has 2 rings (SSSR count). The van der Waals surface area contributed by atoms with Crippen molar-refractivity contribution in [2.45, 2.75) is 25.1 Å². The van der Waals surface area contributed by atoms with Crippen LogP contribution in [0.2, 0.25) is 0 Å². The Bertz CT molecular complexity index is 437. The van der Waals surface area contributed by atoms with Crippen molar-refractivity contribution in [2.24, 2.45) is 0 Å². The smallest absolute Gasteiger partial charge is 0.398 e. The SMILES string of the molecule is CN1CCC(Nc2ccc(N)c(C(F)(F)F)c2)CC1. The van der Waals surface area contributed by atoms with Gasteiger partial charge in [0.2, 0.25) is 0 Å². The van der Waals surface area contributed by atoms with Crippen LogP contribution in [0.3, 0.4) is 0 Å². The highest BCUT2D eigenvalue weighted by atomic mass is 19.4. The molecule has 0 aromatic heterocycles. The first-order valence-corrected chi connectivity index (χ1v) is 6.28. The van der Waals surface area contributed by atoms with Gasteiger partial charge in [-0.1, -0.05) is 0 Å². The van der Waals surface area contributed by atoms with Crippen LogP contribution in [0.1, 0.15) is 18.4 Å². The monoisotopic (exact) mass is 273 g/mol. The highest BCUT2D eigenvalue weighted by Gasteiger charge is 2.33. The van der Waals surface area contributed by atoms with Gasteiger partial charge in [-0.3, -0.25) is 0 Å². The lowest BCUT2D eigenvalue weighted by Crippen LogP contribution is -2.36. The van der Waals surface area contributed by atoms with Crippen molar-refractivity contribution < 1.29 is 13.2 Å². The second kappa shape index (κ2) is 5.28. The average Bonchev–Trinajstić information content (AvgIpc) is 2.33. The van der Waals surface area contributed by atoms with E-state index in [2.05, 4.69) is 10.2 Å². The Balaban J connectivity index is 2.09. The van der Waals surface area contributed by atoms with E-state index >= 15 is 0 Å². The van der Waals surface area contributed by atoms with Crippen molar-refractivity contribution in [3.63, 3.8) is 0 Å². The lowest BCUT2D eigenvalue weighted by molar-refractivity contribution is -0.136. The van der Waals surface area contributed by atoms with Crippen LogP contribution in [-0.2, 0) is 6.18 Å². The maximum atomic E-state index is 12.7. The molecule has 0 amide bonds. The van der Waals surface area contributed by atoms with E-state index in [0.717, 1.165) is 32.0 Å². The van der Waals surface area contributed by atoms with Gasteiger partial charge < -0.3 is 16.0 Å². The minimum absolute atomic E-state index is 0.223. The molecule has 0 unspecified atom stereocenters. The zero-order chi connectivity index (χ0) is 14.0. The summed E-state index contributed by atoms with van der Waals surface area (Å²) in [4.78, 5) is 2.21. The molecule has 3 nitrogen and oxygen atoms in total. The number of piperidine rings is 1. The number of anilines is 2. The number of likely N-dealkylation sites (tertiary alicyclic amines) is 1. The second-order valence-corrected chi connectivity index (χ2v) is 5.02. The van der Waals surface area contributed by atoms with Crippen LogP contribution in [-0.4, -0.2) is 31.1 Å². The Labute approximate surface area is 110 Å². The Hall–Kier alpha value is -1.43. The molecule has 0 radical (unpaired) electrons. The lowest BCUT2D eigenvalue weighted by Gasteiger charge is -2.30. The predicted molar refractivity (Wildman–Crippen MR) is 70.0 cm³/mol. The van der Waals surface area contributed by atoms with Gasteiger partial charge in [0.25, 0.3) is 0 Å². The molecule has 6 heteroatoms. The van der Waals surface area contributed by atoms with E-state index in [-0.39, 0.29) is 11.7 Å². The van der Waals surface area contributed by atoms with Gasteiger partial charge in [-0.05, 0) is 51.2 Å². The van der Waals surface area contributed by atoms with Crippen molar-refractivity contribution in [1.82, 2.24) is 4.90 Å². The van der Waals surface area contributed by atoms with Gasteiger partial charge in [-0.2, -0.15) is 13.2 Å². The van der Waals surface area contributed by atoms with Gasteiger partial charge >= 0.3 is 6.18 Å². The van der Waals surface area contributed by atoms with E-state index in [1.165, 1.54) is 6.07 Å². The molecule has 3 N–H and O–H groups in total. The third kappa shape index (κ3) is 3.53. The molecule has 19 heavy (non-hydrogen) atoms. The summed E-state index contributed by atoms with van der Waals surface area (Å²) in [6.07, 6.45) is -2.54. The third-order valence-corrected chi connectivity index (χ3v) is 3.45.